The van der Waals surface area contributed by atoms with Gasteiger partial charge in [0.05, 0.1) is 11.2 Å². The highest BCUT2D eigenvalue weighted by Crippen LogP contribution is 2.36. The zero-order valence-corrected chi connectivity index (χ0v) is 24.0. The molecule has 1 amide bonds. The first-order valence-electron chi connectivity index (χ1n) is 13.5. The summed E-state index contributed by atoms with van der Waals surface area (Å²) in [6.45, 7) is 3.80. The third-order valence-corrected chi connectivity index (χ3v) is 6.16. The summed E-state index contributed by atoms with van der Waals surface area (Å²) in [6, 6.07) is 21.8. The van der Waals surface area contributed by atoms with Crippen molar-refractivity contribution < 1.29 is 36.6 Å². The fourth-order valence-corrected chi connectivity index (χ4v) is 4.37. The van der Waals surface area contributed by atoms with Crippen LogP contribution < -0.4 is 14.8 Å². The predicted molar refractivity (Wildman–Crippen MR) is 156 cm³/mol. The highest BCUT2D eigenvalue weighted by atomic mass is 19.4. The van der Waals surface area contributed by atoms with E-state index in [4.69, 9.17) is 14.2 Å². The monoisotopic (exact) mass is 608 g/mol. The fraction of sp³-hybridized carbons (Fsp3) is 0.219. The van der Waals surface area contributed by atoms with Crippen molar-refractivity contribution in [2.24, 2.45) is 0 Å². The van der Waals surface area contributed by atoms with Crippen molar-refractivity contribution in [2.45, 2.75) is 39.2 Å². The van der Waals surface area contributed by atoms with E-state index in [1.54, 1.807) is 57.2 Å². The lowest BCUT2D eigenvalue weighted by atomic mass is 10.1. The van der Waals surface area contributed by atoms with Crippen LogP contribution in [0.5, 0.6) is 11.6 Å². The molecule has 8 nitrogen and oxygen atoms in total. The van der Waals surface area contributed by atoms with Crippen LogP contribution in [-0.4, -0.2) is 39.0 Å². The van der Waals surface area contributed by atoms with Gasteiger partial charge in [-0.25, -0.2) is 14.2 Å². The number of nitrogens with one attached hydrogen (secondary N) is 1. The number of hydrogen-bond donors (Lipinski definition) is 1. The zero-order chi connectivity index (χ0) is 31.5. The van der Waals surface area contributed by atoms with Gasteiger partial charge in [-0.2, -0.15) is 18.2 Å². The molecule has 0 saturated heterocycles. The molecule has 0 fully saturated rings. The highest BCUT2D eigenvalue weighted by molar-refractivity contribution is 5.90. The van der Waals surface area contributed by atoms with E-state index >= 15 is 4.39 Å². The molecular weight excluding hydrogens is 580 g/mol. The highest BCUT2D eigenvalue weighted by Gasteiger charge is 2.30. The molecule has 3 aromatic carbocycles. The molecule has 228 valence electrons. The molecular formula is C32H28F4N4O4. The average molecular weight is 609 g/mol. The molecule has 5 rings (SSSR count). The minimum atomic E-state index is -4.61. The second-order valence-corrected chi connectivity index (χ2v) is 10.8. The zero-order valence-electron chi connectivity index (χ0n) is 24.0. The number of benzene rings is 3. The van der Waals surface area contributed by atoms with Crippen LogP contribution in [0.3, 0.4) is 0 Å². The number of aromatic nitrogens is 3. The van der Waals surface area contributed by atoms with Crippen molar-refractivity contribution in [3.05, 3.63) is 96.6 Å². The third kappa shape index (κ3) is 7.44. The molecule has 0 bridgehead atoms. The van der Waals surface area contributed by atoms with Gasteiger partial charge >= 0.3 is 12.3 Å². The molecule has 0 atom stereocenters. The number of amides is 1. The first-order chi connectivity index (χ1) is 20.9. The molecule has 44 heavy (non-hydrogen) atoms. The van der Waals surface area contributed by atoms with Crippen LogP contribution in [0.15, 0.2) is 85.2 Å². The number of alkyl halides is 3. The lowest BCUT2D eigenvalue weighted by Gasteiger charge is -2.19. The van der Waals surface area contributed by atoms with Gasteiger partial charge < -0.3 is 18.8 Å². The van der Waals surface area contributed by atoms with Gasteiger partial charge in [-0.15, -0.1) is 0 Å². The van der Waals surface area contributed by atoms with Crippen molar-refractivity contribution >= 4 is 22.8 Å². The van der Waals surface area contributed by atoms with E-state index in [9.17, 15) is 18.0 Å². The molecule has 2 aromatic heterocycles. The molecule has 1 N–H and O–H groups in total. The summed E-state index contributed by atoms with van der Waals surface area (Å²) < 4.78 is 72.1. The quantitative estimate of drug-likeness (QED) is 0.179. The summed E-state index contributed by atoms with van der Waals surface area (Å²) in [5.41, 5.74) is 2.31. The maximum Gasteiger partial charge on any atom is 0.422 e. The second-order valence-electron chi connectivity index (χ2n) is 10.8. The molecule has 0 aliphatic heterocycles. The van der Waals surface area contributed by atoms with Crippen LogP contribution in [0.1, 0.15) is 26.3 Å². The molecule has 0 aliphatic carbocycles. The van der Waals surface area contributed by atoms with Gasteiger partial charge in [0.1, 0.15) is 24.1 Å². The Balaban J connectivity index is 1.54. The topological polar surface area (TPSA) is 87.5 Å². The van der Waals surface area contributed by atoms with Crippen LogP contribution in [0.4, 0.5) is 28.0 Å². The number of halogens is 4. The van der Waals surface area contributed by atoms with Crippen molar-refractivity contribution in [1.82, 2.24) is 14.5 Å². The van der Waals surface area contributed by atoms with Crippen LogP contribution in [0.25, 0.3) is 28.0 Å². The van der Waals surface area contributed by atoms with Crippen LogP contribution in [0, 0.1) is 5.82 Å². The Hall–Kier alpha value is -5.13. The largest absolute Gasteiger partial charge is 0.486 e. The minimum absolute atomic E-state index is 0.00187. The van der Waals surface area contributed by atoms with Crippen molar-refractivity contribution in [3.8, 4) is 28.6 Å². The molecule has 2 heterocycles. The minimum Gasteiger partial charge on any atom is -0.486 e. The van der Waals surface area contributed by atoms with E-state index in [0.29, 0.717) is 16.9 Å². The maximum atomic E-state index is 15.4. The van der Waals surface area contributed by atoms with Crippen LogP contribution in [0.2, 0.25) is 0 Å². The van der Waals surface area contributed by atoms with Crippen molar-refractivity contribution in [3.63, 3.8) is 0 Å². The number of hydrogen-bond acceptors (Lipinski definition) is 6. The summed E-state index contributed by atoms with van der Waals surface area (Å²) in [7, 11) is 0. The first kappa shape index (κ1) is 30.3. The molecule has 0 radical (unpaired) electrons. The summed E-state index contributed by atoms with van der Waals surface area (Å²) >= 11 is 0. The SMILES string of the molecule is CC(C)(C)OC(=O)Nc1ccc(-c2cc3ncnc(OCC(F)(F)F)c3n2-c2ccc(OCc3ccccc3)c(F)c2)cc1. The molecule has 12 heteroatoms. The fourth-order valence-electron chi connectivity index (χ4n) is 4.37. The Morgan fingerprint density at radius 3 is 2.30 bits per heavy atom. The van der Waals surface area contributed by atoms with Crippen molar-refractivity contribution in [1.29, 1.82) is 0 Å². The third-order valence-electron chi connectivity index (χ3n) is 6.16. The Kier molecular flexibility index (Phi) is 8.43. The standard InChI is InChI=1S/C32H28F4N4O4/c1-31(2,3)44-30(41)39-22-11-9-21(10-12-22)26-16-25-28(29(38-19-37-25)43-18-32(34,35)36)40(26)23-13-14-27(24(33)15-23)42-17-20-7-5-4-6-8-20/h4-16,19H,17-18H2,1-3H3,(H,39,41). The number of nitrogens with zero attached hydrogens (tertiary/aromatic N) is 3. The summed E-state index contributed by atoms with van der Waals surface area (Å²) in [4.78, 5) is 20.4. The number of carbonyl (C=O) groups is 1. The molecule has 0 saturated carbocycles. The van der Waals surface area contributed by atoms with Crippen LogP contribution in [-0.2, 0) is 11.3 Å². The van der Waals surface area contributed by atoms with E-state index in [-0.39, 0.29) is 35.0 Å². The Morgan fingerprint density at radius 2 is 1.64 bits per heavy atom. The lowest BCUT2D eigenvalue weighted by Crippen LogP contribution is -2.27. The van der Waals surface area contributed by atoms with E-state index < -0.39 is 30.3 Å². The van der Waals surface area contributed by atoms with Gasteiger partial charge in [-0.1, -0.05) is 42.5 Å². The van der Waals surface area contributed by atoms with Crippen LogP contribution >= 0.6 is 0 Å². The van der Waals surface area contributed by atoms with Crippen molar-refractivity contribution in [2.75, 3.05) is 11.9 Å². The lowest BCUT2D eigenvalue weighted by molar-refractivity contribution is -0.153. The van der Waals surface area contributed by atoms with E-state index in [0.717, 1.165) is 11.9 Å². The summed E-state index contributed by atoms with van der Waals surface area (Å²) in [5.74, 6) is -1.01. The Morgan fingerprint density at radius 1 is 0.909 bits per heavy atom. The van der Waals surface area contributed by atoms with E-state index in [1.165, 1.54) is 16.7 Å². The Bertz CT molecular complexity index is 1770. The van der Waals surface area contributed by atoms with E-state index in [1.807, 2.05) is 30.3 Å². The summed E-state index contributed by atoms with van der Waals surface area (Å²) in [6.07, 6.45) is -4.15. The van der Waals surface area contributed by atoms with Gasteiger partial charge in [-0.05, 0) is 62.2 Å². The van der Waals surface area contributed by atoms with Gasteiger partial charge in [-0.3, -0.25) is 5.32 Å². The van der Waals surface area contributed by atoms with Gasteiger partial charge in [0.25, 0.3) is 0 Å². The predicted octanol–water partition coefficient (Wildman–Crippen LogP) is 8.09. The molecule has 0 spiro atoms. The number of fused-ring (bicyclic) bond motifs is 1. The average Bonchev–Trinajstić information content (AvgIpc) is 3.35. The Labute approximate surface area is 250 Å². The maximum absolute atomic E-state index is 15.4. The number of anilines is 1. The molecule has 0 unspecified atom stereocenters. The molecule has 5 aromatic rings. The van der Waals surface area contributed by atoms with Gasteiger partial charge in [0, 0.05) is 17.4 Å². The second kappa shape index (κ2) is 12.2. The van der Waals surface area contributed by atoms with E-state index in [2.05, 4.69) is 15.3 Å². The normalized spacial score (nSPS) is 11.8. The van der Waals surface area contributed by atoms with Gasteiger partial charge in [0.2, 0.25) is 5.88 Å². The number of rotatable bonds is 8. The van der Waals surface area contributed by atoms with Gasteiger partial charge in [0.15, 0.2) is 18.2 Å². The first-order valence-corrected chi connectivity index (χ1v) is 13.5. The number of ether oxygens (including phenoxy) is 3. The molecule has 0 aliphatic rings. The smallest absolute Gasteiger partial charge is 0.422 e. The number of carbonyl (C=O) groups excluding carboxylic acids is 1. The summed E-state index contributed by atoms with van der Waals surface area (Å²) in [5, 5.41) is 2.65.